The van der Waals surface area contributed by atoms with E-state index in [1.807, 2.05) is 51.1 Å². The van der Waals surface area contributed by atoms with Crippen LogP contribution in [0.15, 0.2) is 48.7 Å². The number of nitrogens with one attached hydrogen (secondary N) is 2. The Hall–Kier alpha value is -3.15. The summed E-state index contributed by atoms with van der Waals surface area (Å²) in [6.07, 6.45) is 2.54. The van der Waals surface area contributed by atoms with Gasteiger partial charge >= 0.3 is 0 Å². The van der Waals surface area contributed by atoms with Crippen molar-refractivity contribution < 1.29 is 9.59 Å². The van der Waals surface area contributed by atoms with E-state index in [1.54, 1.807) is 22.7 Å². The van der Waals surface area contributed by atoms with Crippen LogP contribution in [0.4, 0.5) is 5.69 Å². The lowest BCUT2D eigenvalue weighted by Gasteiger charge is -2.08. The van der Waals surface area contributed by atoms with E-state index in [4.69, 9.17) is 0 Å². The third kappa shape index (κ3) is 3.44. The topological polar surface area (TPSA) is 75.5 Å². The SMILES string of the molecule is CCc1ccccc1NC(=O)c1nc(C(=O)NC(C)C)n2ccccc12. The van der Waals surface area contributed by atoms with Gasteiger partial charge in [0.05, 0.1) is 5.52 Å². The predicted molar refractivity (Wildman–Crippen MR) is 102 cm³/mol. The van der Waals surface area contributed by atoms with Gasteiger partial charge in [0.15, 0.2) is 5.69 Å². The molecule has 0 fully saturated rings. The number of hydrogen-bond donors (Lipinski definition) is 2. The van der Waals surface area contributed by atoms with Crippen molar-refractivity contribution in [2.24, 2.45) is 0 Å². The lowest BCUT2D eigenvalue weighted by atomic mass is 10.1. The van der Waals surface area contributed by atoms with Crippen LogP contribution in [0.1, 0.15) is 47.4 Å². The third-order valence-electron chi connectivity index (χ3n) is 4.03. The van der Waals surface area contributed by atoms with Gasteiger partial charge < -0.3 is 10.6 Å². The average Bonchev–Trinajstić information content (AvgIpc) is 3.01. The first kappa shape index (κ1) is 17.7. The average molecular weight is 350 g/mol. The van der Waals surface area contributed by atoms with Gasteiger partial charge in [-0.3, -0.25) is 14.0 Å². The molecule has 2 heterocycles. The Morgan fingerprint density at radius 1 is 1.08 bits per heavy atom. The standard InChI is InChI=1S/C20H22N4O2/c1-4-14-9-5-6-10-15(14)22-19(25)17-16-11-7-8-12-24(16)18(23-17)20(26)21-13(2)3/h5-13H,4H2,1-3H3,(H,21,26)(H,22,25). The minimum Gasteiger partial charge on any atom is -0.347 e. The summed E-state index contributed by atoms with van der Waals surface area (Å²) >= 11 is 0. The number of aromatic nitrogens is 2. The van der Waals surface area contributed by atoms with Crippen LogP contribution in [0.2, 0.25) is 0 Å². The summed E-state index contributed by atoms with van der Waals surface area (Å²) in [5, 5.41) is 5.73. The fraction of sp³-hybridized carbons (Fsp3) is 0.250. The maximum absolute atomic E-state index is 12.8. The maximum atomic E-state index is 12.8. The molecule has 0 spiro atoms. The first-order valence-electron chi connectivity index (χ1n) is 8.68. The molecule has 0 bridgehead atoms. The smallest absolute Gasteiger partial charge is 0.287 e. The predicted octanol–water partition coefficient (Wildman–Crippen LogP) is 3.29. The highest BCUT2D eigenvalue weighted by molar-refractivity contribution is 6.09. The van der Waals surface area contributed by atoms with Gasteiger partial charge in [-0.25, -0.2) is 4.98 Å². The quantitative estimate of drug-likeness (QED) is 0.741. The molecule has 0 atom stereocenters. The summed E-state index contributed by atoms with van der Waals surface area (Å²) in [6, 6.07) is 13.0. The number of imidazole rings is 1. The molecule has 6 heteroatoms. The molecule has 2 amide bonds. The highest BCUT2D eigenvalue weighted by Crippen LogP contribution is 2.19. The number of para-hydroxylation sites is 1. The maximum Gasteiger partial charge on any atom is 0.287 e. The second-order valence-electron chi connectivity index (χ2n) is 6.33. The van der Waals surface area contributed by atoms with Gasteiger partial charge in [0.2, 0.25) is 5.82 Å². The van der Waals surface area contributed by atoms with Crippen LogP contribution >= 0.6 is 0 Å². The summed E-state index contributed by atoms with van der Waals surface area (Å²) in [6.45, 7) is 5.79. The molecule has 3 rings (SSSR count). The number of aryl methyl sites for hydroxylation is 1. The van der Waals surface area contributed by atoms with E-state index in [9.17, 15) is 9.59 Å². The number of hydrogen-bond acceptors (Lipinski definition) is 3. The highest BCUT2D eigenvalue weighted by Gasteiger charge is 2.22. The van der Waals surface area contributed by atoms with Gasteiger partial charge in [0, 0.05) is 17.9 Å². The first-order valence-corrected chi connectivity index (χ1v) is 8.68. The molecule has 0 unspecified atom stereocenters. The van der Waals surface area contributed by atoms with Gasteiger partial charge in [0.25, 0.3) is 11.8 Å². The Balaban J connectivity index is 1.99. The number of nitrogens with zero attached hydrogens (tertiary/aromatic N) is 2. The lowest BCUT2D eigenvalue weighted by molar-refractivity contribution is 0.0932. The Bertz CT molecular complexity index is 959. The van der Waals surface area contributed by atoms with Crippen LogP contribution in [0, 0.1) is 0 Å². The van der Waals surface area contributed by atoms with E-state index in [0.717, 1.165) is 17.7 Å². The van der Waals surface area contributed by atoms with Crippen molar-refractivity contribution in [3.8, 4) is 0 Å². The zero-order valence-electron chi connectivity index (χ0n) is 15.1. The largest absolute Gasteiger partial charge is 0.347 e. The molecule has 0 aliphatic carbocycles. The normalized spacial score (nSPS) is 10.9. The molecule has 2 N–H and O–H groups in total. The van der Waals surface area contributed by atoms with Crippen LogP contribution in [0.5, 0.6) is 0 Å². The van der Waals surface area contributed by atoms with Crippen molar-refractivity contribution >= 4 is 23.0 Å². The van der Waals surface area contributed by atoms with Crippen molar-refractivity contribution in [2.45, 2.75) is 33.2 Å². The van der Waals surface area contributed by atoms with Crippen molar-refractivity contribution in [3.63, 3.8) is 0 Å². The number of amides is 2. The molecule has 0 radical (unpaired) electrons. The third-order valence-corrected chi connectivity index (χ3v) is 4.03. The van der Waals surface area contributed by atoms with Crippen LogP contribution in [0.25, 0.3) is 5.52 Å². The number of anilines is 1. The molecule has 6 nitrogen and oxygen atoms in total. The Labute approximate surface area is 152 Å². The second kappa shape index (κ2) is 7.39. The summed E-state index contributed by atoms with van der Waals surface area (Å²) in [5.74, 6) is -0.448. The summed E-state index contributed by atoms with van der Waals surface area (Å²) in [5.41, 5.74) is 2.62. The number of pyridine rings is 1. The minimum atomic E-state index is -0.335. The van der Waals surface area contributed by atoms with E-state index in [0.29, 0.717) is 5.52 Å². The van der Waals surface area contributed by atoms with E-state index < -0.39 is 0 Å². The number of fused-ring (bicyclic) bond motifs is 1. The first-order chi connectivity index (χ1) is 12.5. The highest BCUT2D eigenvalue weighted by atomic mass is 16.2. The Kier molecular flexibility index (Phi) is 5.02. The Morgan fingerprint density at radius 2 is 1.81 bits per heavy atom. The van der Waals surface area contributed by atoms with Crippen LogP contribution < -0.4 is 10.6 Å². The van der Waals surface area contributed by atoms with Gasteiger partial charge in [-0.05, 0) is 44.0 Å². The van der Waals surface area contributed by atoms with Gasteiger partial charge in [0.1, 0.15) is 0 Å². The van der Waals surface area contributed by atoms with E-state index in [1.165, 1.54) is 0 Å². The molecule has 0 aliphatic rings. The molecule has 0 saturated heterocycles. The fourth-order valence-electron chi connectivity index (χ4n) is 2.82. The minimum absolute atomic E-state index is 0.0210. The van der Waals surface area contributed by atoms with Crippen LogP contribution in [-0.2, 0) is 6.42 Å². The molecule has 2 aromatic heterocycles. The molecular weight excluding hydrogens is 328 g/mol. The summed E-state index contributed by atoms with van der Waals surface area (Å²) in [4.78, 5) is 29.6. The molecule has 26 heavy (non-hydrogen) atoms. The summed E-state index contributed by atoms with van der Waals surface area (Å²) < 4.78 is 1.64. The Morgan fingerprint density at radius 3 is 2.54 bits per heavy atom. The number of benzene rings is 1. The van der Waals surface area contributed by atoms with Gasteiger partial charge in [-0.2, -0.15) is 0 Å². The van der Waals surface area contributed by atoms with Crippen molar-refractivity contribution in [1.29, 1.82) is 0 Å². The molecular formula is C20H22N4O2. The van der Waals surface area contributed by atoms with E-state index in [-0.39, 0.29) is 29.4 Å². The van der Waals surface area contributed by atoms with Gasteiger partial charge in [-0.15, -0.1) is 0 Å². The molecule has 0 aliphatic heterocycles. The molecule has 1 aromatic carbocycles. The number of rotatable bonds is 5. The van der Waals surface area contributed by atoms with Crippen LogP contribution in [0.3, 0.4) is 0 Å². The van der Waals surface area contributed by atoms with Crippen molar-refractivity contribution in [2.75, 3.05) is 5.32 Å². The number of carbonyl (C=O) groups excluding carboxylic acids is 2. The molecule has 3 aromatic rings. The summed E-state index contributed by atoms with van der Waals surface area (Å²) in [7, 11) is 0. The fourth-order valence-corrected chi connectivity index (χ4v) is 2.82. The van der Waals surface area contributed by atoms with Crippen LogP contribution in [-0.4, -0.2) is 27.2 Å². The van der Waals surface area contributed by atoms with Crippen molar-refractivity contribution in [3.05, 3.63) is 65.7 Å². The zero-order valence-corrected chi connectivity index (χ0v) is 15.1. The number of carbonyl (C=O) groups is 2. The van der Waals surface area contributed by atoms with E-state index >= 15 is 0 Å². The van der Waals surface area contributed by atoms with Crippen molar-refractivity contribution in [1.82, 2.24) is 14.7 Å². The molecule has 0 saturated carbocycles. The second-order valence-corrected chi connectivity index (χ2v) is 6.33. The van der Waals surface area contributed by atoms with Gasteiger partial charge in [-0.1, -0.05) is 31.2 Å². The van der Waals surface area contributed by atoms with E-state index in [2.05, 4.69) is 15.6 Å². The lowest BCUT2D eigenvalue weighted by Crippen LogP contribution is -2.31. The molecule has 134 valence electrons. The monoisotopic (exact) mass is 350 g/mol. The zero-order chi connectivity index (χ0) is 18.7.